The minimum Gasteiger partial charge on any atom is -0.489 e. The predicted octanol–water partition coefficient (Wildman–Crippen LogP) is 1.47. The van der Waals surface area contributed by atoms with Gasteiger partial charge in [0.1, 0.15) is 36.7 Å². The number of aliphatic hydroxyl groups is 3. The van der Waals surface area contributed by atoms with Gasteiger partial charge in [0, 0.05) is 63.8 Å². The fourth-order valence-electron chi connectivity index (χ4n) is 8.90. The summed E-state index contributed by atoms with van der Waals surface area (Å²) in [5.74, 6) is -1.15. The molecule has 0 radical (unpaired) electrons. The molecule has 9 atom stereocenters. The maximum atomic E-state index is 14.2. The third-order valence-corrected chi connectivity index (χ3v) is 12.9. The molecule has 6 aliphatic rings. The average Bonchev–Trinajstić information content (AvgIpc) is 3.33. The van der Waals surface area contributed by atoms with Crippen LogP contribution >= 0.6 is 0 Å². The Morgan fingerprint density at radius 3 is 2.18 bits per heavy atom. The Morgan fingerprint density at radius 1 is 0.779 bits per heavy atom. The zero-order valence-corrected chi connectivity index (χ0v) is 40.5. The summed E-state index contributed by atoms with van der Waals surface area (Å²) in [7, 11) is 1.62. The van der Waals surface area contributed by atoms with Crippen LogP contribution in [0.1, 0.15) is 69.9 Å². The number of hydrogen-bond acceptors (Lipinski definition) is 16. The number of carbonyl (C=O) groups is 3. The average molecular weight is 954 g/mol. The first-order valence-corrected chi connectivity index (χ1v) is 24.5. The Balaban J connectivity index is 1.30. The molecule has 3 saturated heterocycles. The molecule has 2 amide bonds. The SMILES string of the molecule is COCCOCCOCCN1CCCCC(=O)CN2C(C)CC(=C(OCc3ccccc3)C2O)C(=O)NCCC(N)CCNC(O)C2CC(C)N(CC(O)NCC1)C(=O)C2OCc1ccccc1. The Morgan fingerprint density at radius 2 is 1.46 bits per heavy atom. The van der Waals surface area contributed by atoms with Crippen molar-refractivity contribution in [3.8, 4) is 0 Å². The van der Waals surface area contributed by atoms with Gasteiger partial charge in [0.25, 0.3) is 11.8 Å². The maximum absolute atomic E-state index is 14.2. The number of piperidine rings is 1. The molecule has 380 valence electrons. The van der Waals surface area contributed by atoms with Gasteiger partial charge in [-0.3, -0.25) is 34.8 Å². The number of ether oxygens (including phenoxy) is 5. The molecule has 0 spiro atoms. The lowest BCUT2D eigenvalue weighted by Crippen LogP contribution is -2.61. The number of carbonyl (C=O) groups excluding carboxylic acids is 3. The van der Waals surface area contributed by atoms with E-state index in [4.69, 9.17) is 29.4 Å². The molecule has 18 heteroatoms. The monoisotopic (exact) mass is 954 g/mol. The molecule has 8 rings (SSSR count). The van der Waals surface area contributed by atoms with Crippen molar-refractivity contribution in [2.75, 3.05) is 92.5 Å². The van der Waals surface area contributed by atoms with Gasteiger partial charge in [0.05, 0.1) is 58.3 Å². The van der Waals surface area contributed by atoms with Crippen molar-refractivity contribution in [2.24, 2.45) is 11.7 Å². The number of nitrogens with two attached hydrogens (primary N) is 1. The molecule has 3 fully saturated rings. The van der Waals surface area contributed by atoms with Crippen molar-refractivity contribution in [3.05, 3.63) is 83.1 Å². The van der Waals surface area contributed by atoms with Gasteiger partial charge in [0.15, 0.2) is 6.23 Å². The molecule has 6 heterocycles. The predicted molar refractivity (Wildman–Crippen MR) is 256 cm³/mol. The normalized spacial score (nSPS) is 28.5. The number of Topliss-reactive ketones (excluding diaryl/α,β-unsaturated/α-hetero) is 1. The molecule has 6 aliphatic heterocycles. The number of benzene rings is 2. The smallest absolute Gasteiger partial charge is 0.252 e. The van der Waals surface area contributed by atoms with E-state index < -0.39 is 30.7 Å². The fourth-order valence-corrected chi connectivity index (χ4v) is 8.90. The highest BCUT2D eigenvalue weighted by Gasteiger charge is 2.45. The molecule has 68 heavy (non-hydrogen) atoms. The highest BCUT2D eigenvalue weighted by molar-refractivity contribution is 5.94. The number of nitrogens with one attached hydrogen (secondary N) is 3. The number of rotatable bonds is 15. The summed E-state index contributed by atoms with van der Waals surface area (Å²) in [6.45, 7) is 9.37. The summed E-state index contributed by atoms with van der Waals surface area (Å²) in [5.41, 5.74) is 8.60. The first kappa shape index (κ1) is 55.0. The highest BCUT2D eigenvalue weighted by Crippen LogP contribution is 2.31. The van der Waals surface area contributed by atoms with Crippen molar-refractivity contribution in [2.45, 2.75) is 115 Å². The lowest BCUT2D eigenvalue weighted by Gasteiger charge is -2.44. The number of hydrogen-bond donors (Lipinski definition) is 7. The third kappa shape index (κ3) is 18.1. The third-order valence-electron chi connectivity index (χ3n) is 12.9. The minimum absolute atomic E-state index is 0.00237. The van der Waals surface area contributed by atoms with Crippen LogP contribution in [0.5, 0.6) is 0 Å². The van der Waals surface area contributed by atoms with E-state index in [-0.39, 0.29) is 80.8 Å². The molecule has 9 unspecified atom stereocenters. The molecule has 2 aromatic carbocycles. The maximum Gasteiger partial charge on any atom is 0.252 e. The molecular formula is C50H79N7O11. The summed E-state index contributed by atoms with van der Waals surface area (Å²) >= 11 is 0. The Labute approximate surface area is 402 Å². The van der Waals surface area contributed by atoms with Crippen LogP contribution in [0.15, 0.2) is 72.0 Å². The Bertz CT molecular complexity index is 1810. The van der Waals surface area contributed by atoms with Crippen LogP contribution in [0.25, 0.3) is 0 Å². The summed E-state index contributed by atoms with van der Waals surface area (Å²) in [5, 5.41) is 43.9. The number of aliphatic hydroxyl groups excluding tert-OH is 3. The zero-order valence-electron chi connectivity index (χ0n) is 40.5. The van der Waals surface area contributed by atoms with E-state index in [1.807, 2.05) is 74.5 Å². The lowest BCUT2D eigenvalue weighted by molar-refractivity contribution is -0.168. The van der Waals surface area contributed by atoms with E-state index in [0.29, 0.717) is 103 Å². The molecule has 0 saturated carbocycles. The number of methoxy groups -OCH3 is 1. The van der Waals surface area contributed by atoms with E-state index in [2.05, 4.69) is 20.9 Å². The van der Waals surface area contributed by atoms with Crippen LogP contribution in [0.4, 0.5) is 0 Å². The van der Waals surface area contributed by atoms with Crippen molar-refractivity contribution in [1.82, 2.24) is 30.7 Å². The zero-order chi connectivity index (χ0) is 48.7. The number of amides is 2. The van der Waals surface area contributed by atoms with Crippen LogP contribution in [0.3, 0.4) is 0 Å². The van der Waals surface area contributed by atoms with Gasteiger partial charge in [-0.2, -0.15) is 0 Å². The molecular weight excluding hydrogens is 875 g/mol. The summed E-state index contributed by atoms with van der Waals surface area (Å²) in [6.07, 6.45) is -1.13. The quantitative estimate of drug-likeness (QED) is 0.125. The summed E-state index contributed by atoms with van der Waals surface area (Å²) in [6, 6.07) is 18.1. The van der Waals surface area contributed by atoms with Gasteiger partial charge in [-0.25, -0.2) is 0 Å². The molecule has 2 aromatic rings. The van der Waals surface area contributed by atoms with E-state index in [9.17, 15) is 29.7 Å². The highest BCUT2D eigenvalue weighted by atomic mass is 16.5. The minimum atomic E-state index is -1.31. The molecule has 0 aliphatic carbocycles. The van der Waals surface area contributed by atoms with Gasteiger partial charge in [0.2, 0.25) is 0 Å². The molecule has 18 nitrogen and oxygen atoms in total. The van der Waals surface area contributed by atoms with E-state index >= 15 is 0 Å². The van der Waals surface area contributed by atoms with E-state index in [1.165, 1.54) is 0 Å². The second-order valence-corrected chi connectivity index (χ2v) is 18.2. The Kier molecular flexibility index (Phi) is 24.3. The van der Waals surface area contributed by atoms with Gasteiger partial charge >= 0.3 is 0 Å². The van der Waals surface area contributed by atoms with E-state index in [0.717, 1.165) is 17.5 Å². The van der Waals surface area contributed by atoms with Crippen LogP contribution in [0, 0.1) is 5.92 Å². The second kappa shape index (κ2) is 30.0. The first-order chi connectivity index (χ1) is 32.9. The van der Waals surface area contributed by atoms with Crippen LogP contribution in [-0.2, 0) is 51.3 Å². The Hall–Kier alpha value is -3.89. The first-order valence-electron chi connectivity index (χ1n) is 24.5. The van der Waals surface area contributed by atoms with Crippen molar-refractivity contribution >= 4 is 17.6 Å². The molecule has 8 N–H and O–H groups in total. The van der Waals surface area contributed by atoms with Crippen molar-refractivity contribution < 1.29 is 53.4 Å². The molecule has 4 bridgehead atoms. The van der Waals surface area contributed by atoms with Crippen LogP contribution in [0.2, 0.25) is 0 Å². The van der Waals surface area contributed by atoms with E-state index in [1.54, 1.807) is 16.9 Å². The summed E-state index contributed by atoms with van der Waals surface area (Å²) < 4.78 is 28.9. The van der Waals surface area contributed by atoms with Crippen molar-refractivity contribution in [3.63, 3.8) is 0 Å². The second-order valence-electron chi connectivity index (χ2n) is 18.2. The summed E-state index contributed by atoms with van der Waals surface area (Å²) in [4.78, 5) is 47.1. The topological polar surface area (TPSA) is 230 Å². The van der Waals surface area contributed by atoms with Gasteiger partial charge in [-0.1, -0.05) is 60.7 Å². The largest absolute Gasteiger partial charge is 0.489 e. The number of ketones is 1. The van der Waals surface area contributed by atoms with Gasteiger partial charge in [-0.05, 0) is 76.6 Å². The fraction of sp³-hybridized carbons (Fsp3) is 0.660. The molecule has 0 aromatic heterocycles. The van der Waals surface area contributed by atoms with Gasteiger partial charge in [-0.15, -0.1) is 0 Å². The van der Waals surface area contributed by atoms with Crippen LogP contribution < -0.4 is 21.7 Å². The lowest BCUT2D eigenvalue weighted by atomic mass is 9.86. The standard InChI is InChI=1S/C50H79N7O11/c1-36-30-42-45(67-34-38-12-6-4-7-13-38)49(62)56(36)32-41(58)16-10-11-22-55(24-25-65-28-29-66-27-26-64-3)23-21-52-44(59)33-57-37(2)31-43(46(50(57)63)68-35-39-14-8-5-9-15-39)48(61)54-20-18-40(51)17-19-53-47(42)60/h4-9,12-15,36-37,40,43-44,46,48-49,52,54,59,61-62H,10-11,16-35,51H2,1-3H3,(H,53,60). The van der Waals surface area contributed by atoms with Crippen molar-refractivity contribution in [1.29, 1.82) is 0 Å². The van der Waals surface area contributed by atoms with Crippen LogP contribution in [-0.4, -0.2) is 183 Å². The number of nitrogens with zero attached hydrogens (tertiary/aromatic N) is 3. The van der Waals surface area contributed by atoms with Gasteiger partial charge < -0.3 is 55.0 Å².